The zero-order valence-corrected chi connectivity index (χ0v) is 17.3. The minimum Gasteiger partial charge on any atom is -0.301 e. The second kappa shape index (κ2) is 15.5. The van der Waals surface area contributed by atoms with Crippen molar-refractivity contribution in [2.45, 2.75) is 130 Å². The zero-order chi connectivity index (χ0) is 17.4. The van der Waals surface area contributed by atoms with Crippen LogP contribution in [0.25, 0.3) is 0 Å². The zero-order valence-electron chi connectivity index (χ0n) is 17.3. The lowest BCUT2D eigenvalue weighted by molar-refractivity contribution is 0.139. The molecule has 0 heterocycles. The fraction of sp³-hybridized carbons (Fsp3) is 1.00. The molecule has 1 nitrogen and oxygen atoms in total. The molecule has 0 amide bonds. The van der Waals surface area contributed by atoms with E-state index < -0.39 is 0 Å². The lowest BCUT2D eigenvalue weighted by Crippen LogP contribution is -2.41. The molecule has 0 spiro atoms. The van der Waals surface area contributed by atoms with Crippen LogP contribution >= 0.6 is 0 Å². The van der Waals surface area contributed by atoms with Crippen molar-refractivity contribution in [2.75, 3.05) is 13.6 Å². The van der Waals surface area contributed by atoms with Gasteiger partial charge in [0.15, 0.2) is 0 Å². The first-order valence-corrected chi connectivity index (χ1v) is 10.8. The van der Waals surface area contributed by atoms with E-state index in [0.29, 0.717) is 5.54 Å². The molecule has 0 aromatic carbocycles. The second-order valence-corrected chi connectivity index (χ2v) is 8.23. The van der Waals surface area contributed by atoms with E-state index in [1.54, 1.807) is 0 Å². The van der Waals surface area contributed by atoms with Gasteiger partial charge in [-0.3, -0.25) is 0 Å². The van der Waals surface area contributed by atoms with E-state index >= 15 is 0 Å². The van der Waals surface area contributed by atoms with Gasteiger partial charge in [-0.15, -0.1) is 0 Å². The molecule has 0 aromatic rings. The normalized spacial score (nSPS) is 12.3. The highest BCUT2D eigenvalue weighted by Crippen LogP contribution is 2.22. The van der Waals surface area contributed by atoms with Crippen LogP contribution < -0.4 is 0 Å². The van der Waals surface area contributed by atoms with Crippen LogP contribution in [0.4, 0.5) is 0 Å². The van der Waals surface area contributed by atoms with Gasteiger partial charge in [0.1, 0.15) is 0 Å². The average Bonchev–Trinajstić information content (AvgIpc) is 2.53. The van der Waals surface area contributed by atoms with Crippen molar-refractivity contribution in [2.24, 2.45) is 0 Å². The predicted octanol–water partition coefficient (Wildman–Crippen LogP) is 7.59. The first-order chi connectivity index (χ1) is 11.0. The Morgan fingerprint density at radius 1 is 0.565 bits per heavy atom. The summed E-state index contributed by atoms with van der Waals surface area (Å²) in [7, 11) is 2.33. The number of hydrogen-bond donors (Lipinski definition) is 0. The van der Waals surface area contributed by atoms with Crippen LogP contribution in [0.15, 0.2) is 0 Å². The highest BCUT2D eigenvalue weighted by atomic mass is 15.2. The number of unbranched alkanes of at least 4 members (excludes halogenated alkanes) is 12. The fourth-order valence-corrected chi connectivity index (χ4v) is 3.31. The standard InChI is InChI=1S/C22H47N/c1-6-8-10-12-14-15-17-19-21-23(5)22(3,4)20-18-16-13-11-9-7-2/h6-21H2,1-5H3. The van der Waals surface area contributed by atoms with Crippen molar-refractivity contribution in [3.05, 3.63) is 0 Å². The summed E-state index contributed by atoms with van der Waals surface area (Å²) in [6.45, 7) is 10.7. The molecular formula is C22H47N. The van der Waals surface area contributed by atoms with Gasteiger partial charge in [-0.2, -0.15) is 0 Å². The average molecular weight is 326 g/mol. The predicted molar refractivity (Wildman–Crippen MR) is 107 cm³/mol. The highest BCUT2D eigenvalue weighted by Gasteiger charge is 2.22. The Balaban J connectivity index is 3.56. The summed E-state index contributed by atoms with van der Waals surface area (Å²) in [5, 5.41) is 0. The summed E-state index contributed by atoms with van der Waals surface area (Å²) < 4.78 is 0. The van der Waals surface area contributed by atoms with Crippen LogP contribution in [0.2, 0.25) is 0 Å². The summed E-state index contributed by atoms with van der Waals surface area (Å²) in [6, 6.07) is 0. The van der Waals surface area contributed by atoms with Gasteiger partial charge >= 0.3 is 0 Å². The molecule has 1 heteroatoms. The Morgan fingerprint density at radius 2 is 0.957 bits per heavy atom. The molecule has 0 unspecified atom stereocenters. The van der Waals surface area contributed by atoms with E-state index in [4.69, 9.17) is 0 Å². The minimum atomic E-state index is 0.381. The fourth-order valence-electron chi connectivity index (χ4n) is 3.31. The third kappa shape index (κ3) is 14.0. The van der Waals surface area contributed by atoms with E-state index in [9.17, 15) is 0 Å². The summed E-state index contributed by atoms with van der Waals surface area (Å²) in [6.07, 6.45) is 21.2. The van der Waals surface area contributed by atoms with Crippen molar-refractivity contribution in [1.29, 1.82) is 0 Å². The van der Waals surface area contributed by atoms with Gasteiger partial charge in [-0.1, -0.05) is 97.3 Å². The SMILES string of the molecule is CCCCCCCCCCN(C)C(C)(C)CCCCCCCC. The van der Waals surface area contributed by atoms with Crippen LogP contribution in [0.5, 0.6) is 0 Å². The van der Waals surface area contributed by atoms with Crippen molar-refractivity contribution >= 4 is 0 Å². The molecule has 0 N–H and O–H groups in total. The molecule has 0 rings (SSSR count). The van der Waals surface area contributed by atoms with Gasteiger partial charge in [0.25, 0.3) is 0 Å². The minimum absolute atomic E-state index is 0.381. The first-order valence-electron chi connectivity index (χ1n) is 10.8. The van der Waals surface area contributed by atoms with Gasteiger partial charge in [-0.25, -0.2) is 0 Å². The molecule has 23 heavy (non-hydrogen) atoms. The molecule has 0 aliphatic rings. The molecule has 0 aliphatic carbocycles. The molecule has 0 saturated heterocycles. The van der Waals surface area contributed by atoms with Crippen LogP contribution in [0.1, 0.15) is 124 Å². The Kier molecular flexibility index (Phi) is 15.5. The summed E-state index contributed by atoms with van der Waals surface area (Å²) in [4.78, 5) is 2.61. The van der Waals surface area contributed by atoms with Crippen molar-refractivity contribution < 1.29 is 0 Å². The molecule has 140 valence electrons. The Labute approximate surface area is 148 Å². The van der Waals surface area contributed by atoms with Crippen LogP contribution in [-0.2, 0) is 0 Å². The lowest BCUT2D eigenvalue weighted by atomic mass is 9.94. The number of rotatable bonds is 17. The molecule has 0 saturated carbocycles. The van der Waals surface area contributed by atoms with E-state index in [1.807, 2.05) is 0 Å². The first kappa shape index (κ1) is 23.0. The van der Waals surface area contributed by atoms with Gasteiger partial charge in [0.05, 0.1) is 0 Å². The largest absolute Gasteiger partial charge is 0.301 e. The topological polar surface area (TPSA) is 3.24 Å². The van der Waals surface area contributed by atoms with Crippen LogP contribution in [0.3, 0.4) is 0 Å². The van der Waals surface area contributed by atoms with Crippen molar-refractivity contribution in [3.8, 4) is 0 Å². The van der Waals surface area contributed by atoms with E-state index in [1.165, 1.54) is 103 Å². The Morgan fingerprint density at radius 3 is 1.43 bits per heavy atom. The van der Waals surface area contributed by atoms with E-state index in [2.05, 4.69) is 39.6 Å². The van der Waals surface area contributed by atoms with Crippen LogP contribution in [0, 0.1) is 0 Å². The Hall–Kier alpha value is -0.0400. The van der Waals surface area contributed by atoms with Gasteiger partial charge in [-0.05, 0) is 40.3 Å². The van der Waals surface area contributed by atoms with Gasteiger partial charge < -0.3 is 4.90 Å². The number of nitrogens with zero attached hydrogens (tertiary/aromatic N) is 1. The quantitative estimate of drug-likeness (QED) is 0.249. The lowest BCUT2D eigenvalue weighted by Gasteiger charge is -2.36. The molecule has 0 aliphatic heterocycles. The molecule has 0 atom stereocenters. The van der Waals surface area contributed by atoms with E-state index in [0.717, 1.165) is 0 Å². The highest BCUT2D eigenvalue weighted by molar-refractivity contribution is 4.79. The maximum atomic E-state index is 2.61. The maximum Gasteiger partial charge on any atom is 0.0150 e. The molecule has 0 bridgehead atoms. The molecular weight excluding hydrogens is 278 g/mol. The molecule has 0 radical (unpaired) electrons. The summed E-state index contributed by atoms with van der Waals surface area (Å²) in [5.41, 5.74) is 0.381. The van der Waals surface area contributed by atoms with E-state index in [-0.39, 0.29) is 0 Å². The third-order valence-corrected chi connectivity index (χ3v) is 5.52. The van der Waals surface area contributed by atoms with Crippen molar-refractivity contribution in [1.82, 2.24) is 4.90 Å². The monoisotopic (exact) mass is 325 g/mol. The second-order valence-electron chi connectivity index (χ2n) is 8.23. The third-order valence-electron chi connectivity index (χ3n) is 5.52. The summed E-state index contributed by atoms with van der Waals surface area (Å²) in [5.74, 6) is 0. The smallest absolute Gasteiger partial charge is 0.0150 e. The van der Waals surface area contributed by atoms with Crippen molar-refractivity contribution in [3.63, 3.8) is 0 Å². The molecule has 0 aromatic heterocycles. The van der Waals surface area contributed by atoms with Gasteiger partial charge in [0.2, 0.25) is 0 Å². The van der Waals surface area contributed by atoms with Crippen LogP contribution in [-0.4, -0.2) is 24.0 Å². The van der Waals surface area contributed by atoms with Gasteiger partial charge in [0, 0.05) is 5.54 Å². The molecule has 0 fully saturated rings. The number of hydrogen-bond acceptors (Lipinski definition) is 1. The maximum absolute atomic E-state index is 2.61. The Bertz CT molecular complexity index is 234. The summed E-state index contributed by atoms with van der Waals surface area (Å²) >= 11 is 0.